The van der Waals surface area contributed by atoms with Gasteiger partial charge in [0, 0.05) is 0 Å². The van der Waals surface area contributed by atoms with Gasteiger partial charge in [-0.05, 0) is 122 Å². The zero-order valence-corrected chi connectivity index (χ0v) is 25.4. The van der Waals surface area contributed by atoms with Gasteiger partial charge < -0.3 is 9.29 Å². The smallest absolute Gasteiger partial charge is 0.312 e. The number of ether oxygens (including phenoxy) is 1. The number of esters is 1. The lowest BCUT2D eigenvalue weighted by Gasteiger charge is -2.72. The van der Waals surface area contributed by atoms with Crippen LogP contribution in [0.5, 0.6) is 0 Å². The average molecular weight is 550 g/mol. The molecule has 0 aromatic heterocycles. The summed E-state index contributed by atoms with van der Waals surface area (Å²) in [5.41, 5.74) is 0.722. The maximum atomic E-state index is 13.4. The van der Waals surface area contributed by atoms with Crippen LogP contribution >= 0.6 is 0 Å². The molecule has 0 aliphatic heterocycles. The van der Waals surface area contributed by atoms with E-state index in [1.54, 1.807) is 7.11 Å². The summed E-state index contributed by atoms with van der Waals surface area (Å²) in [6, 6.07) is 0. The molecule has 5 saturated carbocycles. The van der Waals surface area contributed by atoms with Gasteiger partial charge in [0.15, 0.2) is 0 Å². The lowest BCUT2D eigenvalue weighted by molar-refractivity contribution is -0.246. The zero-order valence-electron chi connectivity index (χ0n) is 24.6. The standard InChI is InChI=1S/C31H50O6S/c1-19(2)20-11-16-31(26(32)36-8)18-17-29(6)21(25(20)31)9-10-23-28(5)14-13-24(37-38(33,34)35)27(3,4)22(28)12-15-30(23,29)7/h20-25H,1,9-18H2,2-8H3,(H,33,34,35)/p-1/t20-,21+,22-,23+,24+,25+,28-,29+,30+,31-/m0/s1. The van der Waals surface area contributed by atoms with Gasteiger partial charge in [0.2, 0.25) is 10.4 Å². The first-order valence-electron chi connectivity index (χ1n) is 14.9. The molecule has 5 fully saturated rings. The molecular formula is C31H49O6S-. The van der Waals surface area contributed by atoms with Crippen molar-refractivity contribution in [3.63, 3.8) is 0 Å². The van der Waals surface area contributed by atoms with Gasteiger partial charge in [0.25, 0.3) is 0 Å². The van der Waals surface area contributed by atoms with E-state index < -0.39 is 21.9 Å². The number of methoxy groups -OCH3 is 1. The van der Waals surface area contributed by atoms with E-state index in [1.165, 1.54) is 5.57 Å². The van der Waals surface area contributed by atoms with Gasteiger partial charge in [-0.2, -0.15) is 0 Å². The van der Waals surface area contributed by atoms with Crippen LogP contribution < -0.4 is 0 Å². The van der Waals surface area contributed by atoms with Gasteiger partial charge in [0.1, 0.15) is 0 Å². The summed E-state index contributed by atoms with van der Waals surface area (Å²) in [6.07, 6.45) is 9.12. The second kappa shape index (κ2) is 8.79. The van der Waals surface area contributed by atoms with E-state index in [9.17, 15) is 17.8 Å². The monoisotopic (exact) mass is 549 g/mol. The van der Waals surface area contributed by atoms with Crippen molar-refractivity contribution < 1.29 is 26.7 Å². The predicted molar refractivity (Wildman–Crippen MR) is 146 cm³/mol. The highest BCUT2D eigenvalue weighted by Gasteiger charge is 2.72. The first kappa shape index (κ1) is 28.6. The second-order valence-corrected chi connectivity index (χ2v) is 16.2. The Kier molecular flexibility index (Phi) is 6.61. The Labute approximate surface area is 230 Å². The summed E-state index contributed by atoms with van der Waals surface area (Å²) in [7, 11) is -3.19. The molecule has 5 rings (SSSR count). The minimum Gasteiger partial charge on any atom is -0.726 e. The minimum atomic E-state index is -4.74. The molecule has 0 unspecified atom stereocenters. The molecule has 0 saturated heterocycles. The van der Waals surface area contributed by atoms with Crippen molar-refractivity contribution in [1.82, 2.24) is 0 Å². The number of hydrogen-bond donors (Lipinski definition) is 0. The minimum absolute atomic E-state index is 0.00959. The Hall–Kier alpha value is -0.920. The van der Waals surface area contributed by atoms with Crippen LogP contribution in [0.4, 0.5) is 0 Å². The van der Waals surface area contributed by atoms with Crippen molar-refractivity contribution in [2.75, 3.05) is 7.11 Å². The summed E-state index contributed by atoms with van der Waals surface area (Å²) in [5, 5.41) is 0. The van der Waals surface area contributed by atoms with E-state index in [4.69, 9.17) is 8.92 Å². The Morgan fingerprint density at radius 2 is 1.55 bits per heavy atom. The molecule has 0 heterocycles. The van der Waals surface area contributed by atoms with Gasteiger partial charge in [-0.1, -0.05) is 46.8 Å². The van der Waals surface area contributed by atoms with Crippen molar-refractivity contribution in [3.05, 3.63) is 12.2 Å². The maximum Gasteiger partial charge on any atom is 0.312 e. The predicted octanol–water partition coefficient (Wildman–Crippen LogP) is 6.66. The largest absolute Gasteiger partial charge is 0.726 e. The molecular weight excluding hydrogens is 500 g/mol. The summed E-state index contributed by atoms with van der Waals surface area (Å²) >= 11 is 0. The molecule has 0 bridgehead atoms. The quantitative estimate of drug-likeness (QED) is 0.168. The van der Waals surface area contributed by atoms with E-state index in [0.29, 0.717) is 30.1 Å². The lowest BCUT2D eigenvalue weighted by Crippen LogP contribution is -2.67. The molecule has 0 radical (unpaired) electrons. The fraction of sp³-hybridized carbons (Fsp3) is 0.903. The summed E-state index contributed by atoms with van der Waals surface area (Å²) in [6.45, 7) is 18.3. The van der Waals surface area contributed by atoms with Crippen molar-refractivity contribution in [1.29, 1.82) is 0 Å². The van der Waals surface area contributed by atoms with Gasteiger partial charge in [0.05, 0.1) is 18.6 Å². The Bertz CT molecular complexity index is 1110. The molecule has 0 spiro atoms. The van der Waals surface area contributed by atoms with Crippen LogP contribution in [-0.2, 0) is 24.1 Å². The molecule has 0 aromatic rings. The molecule has 7 heteroatoms. The van der Waals surface area contributed by atoms with Gasteiger partial charge in [-0.25, -0.2) is 8.42 Å². The van der Waals surface area contributed by atoms with Crippen molar-refractivity contribution in [3.8, 4) is 0 Å². The molecule has 216 valence electrons. The first-order chi connectivity index (χ1) is 17.5. The van der Waals surface area contributed by atoms with Crippen LogP contribution in [0, 0.1) is 56.7 Å². The number of carbonyl (C=O) groups excluding carboxylic acids is 1. The van der Waals surface area contributed by atoms with Crippen LogP contribution in [0.3, 0.4) is 0 Å². The normalized spacial score (nSPS) is 49.7. The Balaban J connectivity index is 1.52. The number of rotatable bonds is 4. The van der Waals surface area contributed by atoms with E-state index in [-0.39, 0.29) is 33.5 Å². The molecule has 38 heavy (non-hydrogen) atoms. The summed E-state index contributed by atoms with van der Waals surface area (Å²) < 4.78 is 45.3. The van der Waals surface area contributed by atoms with Crippen LogP contribution in [0.25, 0.3) is 0 Å². The number of allylic oxidation sites excluding steroid dienone is 1. The van der Waals surface area contributed by atoms with Crippen molar-refractivity contribution in [2.24, 2.45) is 56.7 Å². The van der Waals surface area contributed by atoms with Crippen LogP contribution in [0.2, 0.25) is 0 Å². The van der Waals surface area contributed by atoms with Gasteiger partial charge in [-0.15, -0.1) is 0 Å². The molecule has 5 aliphatic carbocycles. The van der Waals surface area contributed by atoms with Gasteiger partial charge >= 0.3 is 5.97 Å². The van der Waals surface area contributed by atoms with E-state index in [1.807, 2.05) is 0 Å². The van der Waals surface area contributed by atoms with Crippen LogP contribution in [0.15, 0.2) is 12.2 Å². The van der Waals surface area contributed by atoms with Crippen molar-refractivity contribution >= 4 is 16.4 Å². The molecule has 0 N–H and O–H groups in total. The third kappa shape index (κ3) is 3.69. The van der Waals surface area contributed by atoms with E-state index in [0.717, 1.165) is 57.8 Å². The SMILES string of the molecule is C=C(C)[C@@H]1CC[C@]2(C(=O)OC)CC[C@]3(C)[C@H](CC[C@@H]4[C@@]5(C)CC[C@@H](OS(=O)(=O)[O-])C(C)(C)[C@@H]5CC[C@]43C)[C@@H]12. The molecule has 6 nitrogen and oxygen atoms in total. The molecule has 0 aromatic carbocycles. The maximum absolute atomic E-state index is 13.4. The highest BCUT2D eigenvalue weighted by Crippen LogP contribution is 2.77. The summed E-state index contributed by atoms with van der Waals surface area (Å²) in [4.78, 5) is 13.4. The fourth-order valence-corrected chi connectivity index (χ4v) is 12.6. The lowest BCUT2D eigenvalue weighted by atomic mass is 9.32. The molecule has 0 amide bonds. The zero-order chi connectivity index (χ0) is 28.1. The number of carbonyl (C=O) groups is 1. The highest BCUT2D eigenvalue weighted by atomic mass is 32.3. The van der Waals surface area contributed by atoms with Gasteiger partial charge in [-0.3, -0.25) is 8.98 Å². The molecule has 5 aliphatic rings. The summed E-state index contributed by atoms with van der Waals surface area (Å²) in [5.74, 6) is 1.91. The Morgan fingerprint density at radius 1 is 0.868 bits per heavy atom. The van der Waals surface area contributed by atoms with Crippen LogP contribution in [0.1, 0.15) is 106 Å². The average Bonchev–Trinajstić information content (AvgIpc) is 3.21. The number of fused-ring (bicyclic) bond motifs is 7. The van der Waals surface area contributed by atoms with E-state index >= 15 is 0 Å². The number of hydrogen-bond acceptors (Lipinski definition) is 6. The first-order valence-corrected chi connectivity index (χ1v) is 16.2. The van der Waals surface area contributed by atoms with Crippen molar-refractivity contribution in [2.45, 2.75) is 112 Å². The fourth-order valence-electron chi connectivity index (χ4n) is 12.0. The second-order valence-electron chi connectivity index (χ2n) is 15.2. The topological polar surface area (TPSA) is 92.7 Å². The molecule has 10 atom stereocenters. The van der Waals surface area contributed by atoms with Crippen LogP contribution in [-0.4, -0.2) is 32.2 Å². The third-order valence-corrected chi connectivity index (χ3v) is 14.3. The highest BCUT2D eigenvalue weighted by molar-refractivity contribution is 7.80. The third-order valence-electron chi connectivity index (χ3n) is 13.8. The van der Waals surface area contributed by atoms with E-state index in [2.05, 4.69) is 48.1 Å². The Morgan fingerprint density at radius 3 is 2.16 bits per heavy atom.